The van der Waals surface area contributed by atoms with Crippen molar-refractivity contribution in [1.82, 2.24) is 9.66 Å². The molecular formula is C17H17N3O2S2. The number of rotatable bonds is 5. The van der Waals surface area contributed by atoms with Gasteiger partial charge in [-0.2, -0.15) is 0 Å². The minimum Gasteiger partial charge on any atom is -0.272 e. The molecule has 0 aliphatic heterocycles. The summed E-state index contributed by atoms with van der Waals surface area (Å²) in [5, 5.41) is 0.547. The number of thioether (sulfide) groups is 1. The molecule has 1 N–H and O–H groups in total. The number of carbonyl (C=O) groups excluding carboxylic acids is 1. The summed E-state index contributed by atoms with van der Waals surface area (Å²) in [6, 6.07) is 9.81. The van der Waals surface area contributed by atoms with E-state index in [1.807, 2.05) is 44.2 Å². The largest absolute Gasteiger partial charge is 0.280 e. The first-order valence-electron chi connectivity index (χ1n) is 7.56. The van der Waals surface area contributed by atoms with Gasteiger partial charge in [-0.15, -0.1) is 23.1 Å². The van der Waals surface area contributed by atoms with Crippen LogP contribution in [0.5, 0.6) is 0 Å². The minimum atomic E-state index is -0.246. The second kappa shape index (κ2) is 7.19. The number of nitrogens with zero attached hydrogens (tertiary/aromatic N) is 2. The fourth-order valence-electron chi connectivity index (χ4n) is 2.18. The standard InChI is InChI=1S/C17H17N3O2S2/c1-3-12-8-14-16(24-12)18-10-20(17(14)22)19-15(21)9-23-13-6-4-11(2)5-7-13/h4-8,10H,3,9H2,1-2H3,(H,19,21). The molecule has 0 atom stereocenters. The van der Waals surface area contributed by atoms with Gasteiger partial charge in [-0.05, 0) is 31.5 Å². The lowest BCUT2D eigenvalue weighted by Gasteiger charge is -2.07. The third-order valence-corrected chi connectivity index (χ3v) is 5.69. The molecule has 24 heavy (non-hydrogen) atoms. The van der Waals surface area contributed by atoms with Crippen molar-refractivity contribution in [1.29, 1.82) is 0 Å². The maximum absolute atomic E-state index is 12.4. The number of fused-ring (bicyclic) bond motifs is 1. The molecule has 0 unspecified atom stereocenters. The van der Waals surface area contributed by atoms with Crippen LogP contribution in [-0.2, 0) is 11.2 Å². The Morgan fingerprint density at radius 2 is 2.08 bits per heavy atom. The van der Waals surface area contributed by atoms with E-state index in [4.69, 9.17) is 0 Å². The number of hydrogen-bond acceptors (Lipinski definition) is 5. The summed E-state index contributed by atoms with van der Waals surface area (Å²) >= 11 is 2.93. The Hall–Kier alpha value is -2.12. The van der Waals surface area contributed by atoms with Gasteiger partial charge in [-0.3, -0.25) is 15.0 Å². The van der Waals surface area contributed by atoms with E-state index >= 15 is 0 Å². The smallest absolute Gasteiger partial charge is 0.272 e. The molecule has 2 heterocycles. The summed E-state index contributed by atoms with van der Waals surface area (Å²) in [5.41, 5.74) is 3.53. The molecule has 1 amide bonds. The SMILES string of the molecule is CCc1cc2c(=O)n(NC(=O)CSc3ccc(C)cc3)cnc2s1. The van der Waals surface area contributed by atoms with Gasteiger partial charge in [0.05, 0.1) is 11.1 Å². The van der Waals surface area contributed by atoms with E-state index < -0.39 is 0 Å². The number of nitrogens with one attached hydrogen (secondary N) is 1. The van der Waals surface area contributed by atoms with Crippen LogP contribution in [0.2, 0.25) is 0 Å². The quantitative estimate of drug-likeness (QED) is 0.711. The molecule has 3 aromatic rings. The van der Waals surface area contributed by atoms with Crippen LogP contribution in [0.25, 0.3) is 10.2 Å². The lowest BCUT2D eigenvalue weighted by Crippen LogP contribution is -2.33. The second-order valence-electron chi connectivity index (χ2n) is 5.34. The molecule has 0 bridgehead atoms. The molecule has 124 valence electrons. The Morgan fingerprint density at radius 3 is 2.79 bits per heavy atom. The monoisotopic (exact) mass is 359 g/mol. The van der Waals surface area contributed by atoms with Crippen LogP contribution in [-0.4, -0.2) is 21.3 Å². The second-order valence-corrected chi connectivity index (χ2v) is 7.51. The van der Waals surface area contributed by atoms with Gasteiger partial charge in [0, 0.05) is 9.77 Å². The zero-order chi connectivity index (χ0) is 17.1. The van der Waals surface area contributed by atoms with Crippen molar-refractivity contribution in [3.05, 3.63) is 57.5 Å². The summed E-state index contributed by atoms with van der Waals surface area (Å²) in [4.78, 5) is 31.6. The van der Waals surface area contributed by atoms with Gasteiger partial charge in [0.25, 0.3) is 5.56 Å². The highest BCUT2D eigenvalue weighted by atomic mass is 32.2. The highest BCUT2D eigenvalue weighted by molar-refractivity contribution is 8.00. The molecule has 0 aliphatic rings. The average molecular weight is 359 g/mol. The Balaban J connectivity index is 1.69. The van der Waals surface area contributed by atoms with E-state index in [-0.39, 0.29) is 17.2 Å². The topological polar surface area (TPSA) is 64.0 Å². The van der Waals surface area contributed by atoms with Crippen LogP contribution in [0.3, 0.4) is 0 Å². The third-order valence-electron chi connectivity index (χ3n) is 3.49. The number of hydrogen-bond donors (Lipinski definition) is 1. The van der Waals surface area contributed by atoms with Crippen LogP contribution >= 0.6 is 23.1 Å². The van der Waals surface area contributed by atoms with Crippen LogP contribution in [0, 0.1) is 6.92 Å². The van der Waals surface area contributed by atoms with Crippen molar-refractivity contribution in [2.24, 2.45) is 0 Å². The van der Waals surface area contributed by atoms with Crippen molar-refractivity contribution in [3.8, 4) is 0 Å². The molecule has 7 heteroatoms. The molecule has 3 rings (SSSR count). The first-order valence-corrected chi connectivity index (χ1v) is 9.36. The number of aromatic nitrogens is 2. The number of benzene rings is 1. The van der Waals surface area contributed by atoms with E-state index in [2.05, 4.69) is 10.4 Å². The number of aryl methyl sites for hydroxylation is 2. The highest BCUT2D eigenvalue weighted by Crippen LogP contribution is 2.21. The summed E-state index contributed by atoms with van der Waals surface area (Å²) in [5.74, 6) is -0.00744. The van der Waals surface area contributed by atoms with E-state index in [9.17, 15) is 9.59 Å². The summed E-state index contributed by atoms with van der Waals surface area (Å²) < 4.78 is 1.16. The van der Waals surface area contributed by atoms with Gasteiger partial charge >= 0.3 is 0 Å². The molecular weight excluding hydrogens is 342 g/mol. The lowest BCUT2D eigenvalue weighted by molar-refractivity contribution is -0.114. The Morgan fingerprint density at radius 1 is 1.33 bits per heavy atom. The zero-order valence-corrected chi connectivity index (χ0v) is 15.0. The van der Waals surface area contributed by atoms with Crippen LogP contribution < -0.4 is 11.0 Å². The van der Waals surface area contributed by atoms with Crippen molar-refractivity contribution < 1.29 is 4.79 Å². The molecule has 5 nitrogen and oxygen atoms in total. The Labute approximate surface area is 147 Å². The van der Waals surface area contributed by atoms with Gasteiger partial charge in [0.15, 0.2) is 0 Å². The predicted molar refractivity (Wildman–Crippen MR) is 99.5 cm³/mol. The molecule has 0 aliphatic carbocycles. The maximum Gasteiger partial charge on any atom is 0.280 e. The third kappa shape index (κ3) is 3.68. The molecule has 0 spiro atoms. The number of amides is 1. The molecule has 1 aromatic carbocycles. The zero-order valence-electron chi connectivity index (χ0n) is 13.4. The van der Waals surface area contributed by atoms with Gasteiger partial charge < -0.3 is 0 Å². The summed E-state index contributed by atoms with van der Waals surface area (Å²) in [6.07, 6.45) is 2.23. The van der Waals surface area contributed by atoms with Gasteiger partial charge in [0.1, 0.15) is 11.2 Å². The predicted octanol–water partition coefficient (Wildman–Crippen LogP) is 3.19. The fourth-order valence-corrected chi connectivity index (χ4v) is 3.79. The minimum absolute atomic E-state index is 0.234. The fraction of sp³-hybridized carbons (Fsp3) is 0.235. The summed E-state index contributed by atoms with van der Waals surface area (Å²) in [7, 11) is 0. The van der Waals surface area contributed by atoms with Crippen molar-refractivity contribution in [2.45, 2.75) is 25.2 Å². The van der Waals surface area contributed by atoms with Crippen LogP contribution in [0.4, 0.5) is 0 Å². The number of thiophene rings is 1. The normalized spacial score (nSPS) is 10.9. The summed E-state index contributed by atoms with van der Waals surface area (Å²) in [6.45, 7) is 4.05. The first-order chi connectivity index (χ1) is 11.6. The molecule has 0 radical (unpaired) electrons. The van der Waals surface area contributed by atoms with Crippen molar-refractivity contribution >= 4 is 39.2 Å². The van der Waals surface area contributed by atoms with Crippen molar-refractivity contribution in [2.75, 3.05) is 11.2 Å². The molecule has 0 saturated carbocycles. The van der Waals surface area contributed by atoms with Crippen molar-refractivity contribution in [3.63, 3.8) is 0 Å². The van der Waals surface area contributed by atoms with Gasteiger partial charge in [-0.25, -0.2) is 9.66 Å². The Bertz CT molecular complexity index is 929. The van der Waals surface area contributed by atoms with E-state index in [1.54, 1.807) is 0 Å². The van der Waals surface area contributed by atoms with E-state index in [0.29, 0.717) is 10.2 Å². The van der Waals surface area contributed by atoms with Gasteiger partial charge in [0.2, 0.25) is 5.91 Å². The lowest BCUT2D eigenvalue weighted by atomic mass is 10.2. The molecule has 2 aromatic heterocycles. The maximum atomic E-state index is 12.4. The van der Waals surface area contributed by atoms with Crippen LogP contribution in [0.1, 0.15) is 17.4 Å². The molecule has 0 fully saturated rings. The van der Waals surface area contributed by atoms with E-state index in [0.717, 1.165) is 20.9 Å². The molecule has 0 saturated heterocycles. The average Bonchev–Trinajstić information content (AvgIpc) is 3.01. The highest BCUT2D eigenvalue weighted by Gasteiger charge is 2.10. The first kappa shape index (κ1) is 16.7. The Kier molecular flexibility index (Phi) is 5.01. The number of carbonyl (C=O) groups is 1. The van der Waals surface area contributed by atoms with E-state index in [1.165, 1.54) is 35.0 Å². The van der Waals surface area contributed by atoms with Gasteiger partial charge in [-0.1, -0.05) is 24.6 Å². The van der Waals surface area contributed by atoms with Crippen LogP contribution in [0.15, 0.2) is 46.3 Å².